The SMILES string of the molecule is CC[C@H]1CN(C(=O)CC#N)CC[C@H]1Nc1c(C(N)=O)cnn2cc(-c3cnn(CC)c3)cc12. The van der Waals surface area contributed by atoms with Crippen molar-refractivity contribution in [2.45, 2.75) is 45.7 Å². The van der Waals surface area contributed by atoms with Crippen molar-refractivity contribution in [2.75, 3.05) is 18.4 Å². The molecular formula is C23H28N8O2. The van der Waals surface area contributed by atoms with Crippen molar-refractivity contribution >= 4 is 23.0 Å². The van der Waals surface area contributed by atoms with E-state index in [2.05, 4.69) is 22.4 Å². The number of nitrogens with zero attached hydrogens (tertiary/aromatic N) is 6. The predicted octanol–water partition coefficient (Wildman–Crippen LogP) is 2.27. The summed E-state index contributed by atoms with van der Waals surface area (Å²) in [4.78, 5) is 26.2. The van der Waals surface area contributed by atoms with Crippen LogP contribution in [0.4, 0.5) is 5.69 Å². The average Bonchev–Trinajstić information content (AvgIpc) is 3.46. The molecule has 0 saturated carbocycles. The summed E-state index contributed by atoms with van der Waals surface area (Å²) in [7, 11) is 0. The Hall–Kier alpha value is -3.87. The smallest absolute Gasteiger partial charge is 0.252 e. The zero-order chi connectivity index (χ0) is 23.5. The van der Waals surface area contributed by atoms with Gasteiger partial charge in [0.05, 0.1) is 35.2 Å². The Bertz CT molecular complexity index is 1220. The monoisotopic (exact) mass is 448 g/mol. The van der Waals surface area contributed by atoms with Gasteiger partial charge in [-0.3, -0.25) is 14.3 Å². The van der Waals surface area contributed by atoms with Crippen LogP contribution in [0.15, 0.2) is 30.9 Å². The molecule has 1 aliphatic rings. The first kappa shape index (κ1) is 22.3. The molecule has 10 nitrogen and oxygen atoms in total. The molecule has 1 fully saturated rings. The van der Waals surface area contributed by atoms with Crippen molar-refractivity contribution in [3.63, 3.8) is 0 Å². The number of aromatic nitrogens is 4. The second-order valence-corrected chi connectivity index (χ2v) is 8.32. The van der Waals surface area contributed by atoms with E-state index < -0.39 is 5.91 Å². The Labute approximate surface area is 192 Å². The summed E-state index contributed by atoms with van der Waals surface area (Å²) in [5.74, 6) is -0.515. The van der Waals surface area contributed by atoms with E-state index in [1.807, 2.05) is 42.3 Å². The van der Waals surface area contributed by atoms with Crippen LogP contribution in [-0.4, -0.2) is 55.2 Å². The number of anilines is 1. The molecule has 0 aliphatic carbocycles. The first-order chi connectivity index (χ1) is 15.9. The zero-order valence-electron chi connectivity index (χ0n) is 18.9. The molecule has 3 N–H and O–H groups in total. The van der Waals surface area contributed by atoms with E-state index >= 15 is 0 Å². The molecule has 1 aliphatic heterocycles. The molecule has 3 aromatic rings. The van der Waals surface area contributed by atoms with Crippen LogP contribution < -0.4 is 11.1 Å². The van der Waals surface area contributed by atoms with Gasteiger partial charge in [0.25, 0.3) is 5.91 Å². The highest BCUT2D eigenvalue weighted by Gasteiger charge is 2.31. The number of rotatable bonds is 7. The van der Waals surface area contributed by atoms with Crippen LogP contribution in [0.2, 0.25) is 0 Å². The second-order valence-electron chi connectivity index (χ2n) is 8.32. The molecule has 4 heterocycles. The number of hydrogen-bond donors (Lipinski definition) is 2. The fourth-order valence-electron chi connectivity index (χ4n) is 4.47. The van der Waals surface area contributed by atoms with Crippen LogP contribution in [-0.2, 0) is 11.3 Å². The van der Waals surface area contributed by atoms with Gasteiger partial charge in [0.2, 0.25) is 5.91 Å². The summed E-state index contributed by atoms with van der Waals surface area (Å²) >= 11 is 0. The average molecular weight is 449 g/mol. The van der Waals surface area contributed by atoms with E-state index in [0.29, 0.717) is 30.8 Å². The summed E-state index contributed by atoms with van der Waals surface area (Å²) in [6.45, 7) is 6.02. The van der Waals surface area contributed by atoms with Crippen molar-refractivity contribution in [3.05, 3.63) is 36.4 Å². The van der Waals surface area contributed by atoms with Gasteiger partial charge in [-0.2, -0.15) is 15.5 Å². The summed E-state index contributed by atoms with van der Waals surface area (Å²) in [6.07, 6.45) is 8.63. The summed E-state index contributed by atoms with van der Waals surface area (Å²) in [5.41, 5.74) is 9.32. The van der Waals surface area contributed by atoms with Crippen LogP contribution in [0, 0.1) is 17.2 Å². The van der Waals surface area contributed by atoms with E-state index in [1.54, 1.807) is 9.42 Å². The molecule has 0 radical (unpaired) electrons. The maximum Gasteiger partial charge on any atom is 0.252 e. The number of nitrogens with two attached hydrogens (primary N) is 1. The number of primary amides is 1. The maximum atomic E-state index is 12.2. The molecule has 172 valence electrons. The van der Waals surface area contributed by atoms with E-state index in [1.165, 1.54) is 6.20 Å². The molecule has 10 heteroatoms. The standard InChI is InChI=1S/C23H28N8O2/c1-3-15-12-29(21(32)5-7-24)8-6-19(15)28-22-18(23(25)33)11-27-31-14-16(9-20(22)31)17-10-26-30(4-2)13-17/h9-11,13-15,19,28H,3-6,8,12H2,1-2H3,(H2,25,33)/t15-,19+/m0/s1. The minimum absolute atomic E-state index is 0.0478. The molecule has 2 amide bonds. The molecule has 4 rings (SSSR count). The number of fused-ring (bicyclic) bond motifs is 1. The van der Waals surface area contributed by atoms with Gasteiger partial charge in [-0.15, -0.1) is 0 Å². The van der Waals surface area contributed by atoms with Gasteiger partial charge < -0.3 is 16.0 Å². The lowest BCUT2D eigenvalue weighted by molar-refractivity contribution is -0.132. The summed E-state index contributed by atoms with van der Waals surface area (Å²) in [6, 6.07) is 3.96. The van der Waals surface area contributed by atoms with Crippen molar-refractivity contribution in [3.8, 4) is 17.2 Å². The van der Waals surface area contributed by atoms with E-state index in [9.17, 15) is 9.59 Å². The van der Waals surface area contributed by atoms with Crippen LogP contribution in [0.25, 0.3) is 16.6 Å². The number of carbonyl (C=O) groups excluding carboxylic acids is 2. The van der Waals surface area contributed by atoms with Crippen molar-refractivity contribution < 1.29 is 9.59 Å². The Morgan fingerprint density at radius 1 is 1.24 bits per heavy atom. The lowest BCUT2D eigenvalue weighted by atomic mass is 9.89. The van der Waals surface area contributed by atoms with Gasteiger partial charge in [0, 0.05) is 49.2 Å². The normalized spacial score (nSPS) is 18.3. The third-order valence-corrected chi connectivity index (χ3v) is 6.36. The van der Waals surface area contributed by atoms with Crippen LogP contribution in [0.3, 0.4) is 0 Å². The highest BCUT2D eigenvalue weighted by atomic mass is 16.2. The molecule has 1 saturated heterocycles. The summed E-state index contributed by atoms with van der Waals surface area (Å²) < 4.78 is 3.59. The number of aryl methyl sites for hydroxylation is 1. The quantitative estimate of drug-likeness (QED) is 0.569. The number of nitrogens with one attached hydrogen (secondary N) is 1. The minimum atomic E-state index is -0.552. The van der Waals surface area contributed by atoms with Crippen LogP contribution in [0.5, 0.6) is 0 Å². The van der Waals surface area contributed by atoms with Crippen molar-refractivity contribution in [1.29, 1.82) is 5.26 Å². The molecule has 2 atom stereocenters. The molecule has 3 aromatic heterocycles. The topological polar surface area (TPSA) is 134 Å². The van der Waals surface area contributed by atoms with E-state index in [-0.39, 0.29) is 24.3 Å². The largest absolute Gasteiger partial charge is 0.379 e. The fraction of sp³-hybridized carbons (Fsp3) is 0.435. The van der Waals surface area contributed by atoms with Gasteiger partial charge >= 0.3 is 0 Å². The number of nitriles is 1. The predicted molar refractivity (Wildman–Crippen MR) is 123 cm³/mol. The zero-order valence-corrected chi connectivity index (χ0v) is 18.9. The third kappa shape index (κ3) is 4.39. The Balaban J connectivity index is 1.67. The first-order valence-electron chi connectivity index (χ1n) is 11.2. The number of likely N-dealkylation sites (tertiary alicyclic amines) is 1. The highest BCUT2D eigenvalue weighted by Crippen LogP contribution is 2.31. The first-order valence-corrected chi connectivity index (χ1v) is 11.2. The van der Waals surface area contributed by atoms with Crippen molar-refractivity contribution in [2.24, 2.45) is 11.7 Å². The lowest BCUT2D eigenvalue weighted by Crippen LogP contribution is -2.48. The molecular weight excluding hydrogens is 420 g/mol. The number of amides is 2. The van der Waals surface area contributed by atoms with Crippen molar-refractivity contribution in [1.82, 2.24) is 24.3 Å². The van der Waals surface area contributed by atoms with Gasteiger partial charge in [0.15, 0.2) is 0 Å². The second kappa shape index (κ2) is 9.32. The Morgan fingerprint density at radius 3 is 2.73 bits per heavy atom. The van der Waals surface area contributed by atoms with Crippen LogP contribution >= 0.6 is 0 Å². The Kier molecular flexibility index (Phi) is 6.31. The number of piperidine rings is 1. The summed E-state index contributed by atoms with van der Waals surface area (Å²) in [5, 5.41) is 21.1. The molecule has 0 aromatic carbocycles. The van der Waals surface area contributed by atoms with Gasteiger partial charge in [-0.1, -0.05) is 6.92 Å². The maximum absolute atomic E-state index is 12.2. The van der Waals surface area contributed by atoms with Gasteiger partial charge in [0.1, 0.15) is 6.42 Å². The minimum Gasteiger partial charge on any atom is -0.379 e. The Morgan fingerprint density at radius 2 is 2.06 bits per heavy atom. The van der Waals surface area contributed by atoms with E-state index in [0.717, 1.165) is 29.6 Å². The van der Waals surface area contributed by atoms with E-state index in [4.69, 9.17) is 11.0 Å². The highest BCUT2D eigenvalue weighted by molar-refractivity contribution is 6.02. The number of hydrogen-bond acceptors (Lipinski definition) is 6. The fourth-order valence-corrected chi connectivity index (χ4v) is 4.47. The van der Waals surface area contributed by atoms with Gasteiger partial charge in [-0.25, -0.2) is 4.52 Å². The molecule has 0 unspecified atom stereocenters. The molecule has 33 heavy (non-hydrogen) atoms. The molecule has 0 spiro atoms. The lowest BCUT2D eigenvalue weighted by Gasteiger charge is -2.39. The van der Waals surface area contributed by atoms with Crippen LogP contribution in [0.1, 0.15) is 43.5 Å². The molecule has 0 bridgehead atoms. The third-order valence-electron chi connectivity index (χ3n) is 6.36. The number of carbonyl (C=O) groups is 2. The van der Waals surface area contributed by atoms with Gasteiger partial charge in [-0.05, 0) is 31.7 Å².